The quantitative estimate of drug-likeness (QED) is 0.379. The minimum absolute atomic E-state index is 0.177. The number of carboxylic acids is 1. The zero-order valence-electron chi connectivity index (χ0n) is 21.2. The Hall–Kier alpha value is -3.23. The third-order valence-electron chi connectivity index (χ3n) is 7.52. The van der Waals surface area contributed by atoms with Crippen LogP contribution in [0.1, 0.15) is 46.5 Å². The van der Waals surface area contributed by atoms with E-state index in [0.717, 1.165) is 44.2 Å². The molecule has 0 aromatic heterocycles. The molecular formula is C27H37F2N5O2. The zero-order chi connectivity index (χ0) is 26.1. The minimum Gasteiger partial charge on any atom is -0.479 e. The topological polar surface area (TPSA) is 88.7 Å². The fourth-order valence-corrected chi connectivity index (χ4v) is 5.10. The molecule has 9 heteroatoms. The van der Waals surface area contributed by atoms with Gasteiger partial charge in [-0.1, -0.05) is 12.7 Å². The number of aliphatic carboxylic acids is 1. The number of rotatable bonds is 6. The van der Waals surface area contributed by atoms with Gasteiger partial charge in [0.05, 0.1) is 0 Å². The lowest BCUT2D eigenvalue weighted by Gasteiger charge is -2.39. The van der Waals surface area contributed by atoms with E-state index in [4.69, 9.17) is 0 Å². The maximum atomic E-state index is 15.2. The fourth-order valence-electron chi connectivity index (χ4n) is 5.10. The molecule has 3 atom stereocenters. The maximum Gasteiger partial charge on any atom is 0.332 e. The summed E-state index contributed by atoms with van der Waals surface area (Å²) >= 11 is 0. The van der Waals surface area contributed by atoms with Crippen molar-refractivity contribution in [2.75, 3.05) is 13.1 Å². The lowest BCUT2D eigenvalue weighted by atomic mass is 9.92. The van der Waals surface area contributed by atoms with Crippen molar-refractivity contribution in [3.8, 4) is 0 Å². The molecule has 36 heavy (non-hydrogen) atoms. The van der Waals surface area contributed by atoms with Gasteiger partial charge in [0.2, 0.25) is 0 Å². The summed E-state index contributed by atoms with van der Waals surface area (Å²) in [4.78, 5) is 14.0. The van der Waals surface area contributed by atoms with Gasteiger partial charge >= 0.3 is 5.97 Å². The minimum atomic E-state index is -3.18. The molecule has 3 aliphatic heterocycles. The molecule has 7 nitrogen and oxygen atoms in total. The lowest BCUT2D eigenvalue weighted by Crippen LogP contribution is -2.53. The van der Waals surface area contributed by atoms with E-state index in [0.29, 0.717) is 16.7 Å². The van der Waals surface area contributed by atoms with E-state index < -0.39 is 30.0 Å². The van der Waals surface area contributed by atoms with Gasteiger partial charge in [0, 0.05) is 49.7 Å². The van der Waals surface area contributed by atoms with Crippen molar-refractivity contribution in [2.24, 2.45) is 5.41 Å². The van der Waals surface area contributed by atoms with E-state index in [1.54, 1.807) is 18.4 Å². The summed E-state index contributed by atoms with van der Waals surface area (Å²) in [6, 6.07) is -3.05. The first kappa shape index (κ1) is 25.9. The standard InChI is InChI=1S/C27H37F2N5O2/c1-17-14-20(24(26(4,28)29)33-21-6-5-11-30-23(21)25(35)36)19(3)32-22(15-18(2)31-16-17)34-12-9-27(7-8-27)10-13-34/h5-6,11,14-16,19,23-24,30-33H,2,7-10,12-13H2,1,3-4H3,(H,35,36)/b17-16-,20-14+,22-15+. The Morgan fingerprint density at radius 1 is 1.28 bits per heavy atom. The largest absolute Gasteiger partial charge is 0.479 e. The van der Waals surface area contributed by atoms with Crippen molar-refractivity contribution in [3.05, 3.63) is 71.6 Å². The van der Waals surface area contributed by atoms with Gasteiger partial charge in [-0.3, -0.25) is 0 Å². The molecule has 1 saturated heterocycles. The number of halogens is 2. The van der Waals surface area contributed by atoms with E-state index in [9.17, 15) is 9.90 Å². The smallest absolute Gasteiger partial charge is 0.332 e. The highest BCUT2D eigenvalue weighted by Crippen LogP contribution is 2.53. The van der Waals surface area contributed by atoms with E-state index in [1.807, 2.05) is 19.9 Å². The molecule has 5 N–H and O–H groups in total. The second-order valence-electron chi connectivity index (χ2n) is 10.5. The Kier molecular flexibility index (Phi) is 7.20. The van der Waals surface area contributed by atoms with Crippen LogP contribution in [-0.4, -0.2) is 53.1 Å². The van der Waals surface area contributed by atoms with Gasteiger partial charge < -0.3 is 31.3 Å². The average molecular weight is 502 g/mol. The molecule has 0 aromatic rings. The molecule has 0 bridgehead atoms. The predicted molar refractivity (Wildman–Crippen MR) is 137 cm³/mol. The highest BCUT2D eigenvalue weighted by atomic mass is 19.3. The molecular weight excluding hydrogens is 464 g/mol. The number of likely N-dealkylation sites (tertiary alicyclic amines) is 1. The van der Waals surface area contributed by atoms with Crippen molar-refractivity contribution in [3.63, 3.8) is 0 Å². The predicted octanol–water partition coefficient (Wildman–Crippen LogP) is 3.70. The third-order valence-corrected chi connectivity index (χ3v) is 7.52. The van der Waals surface area contributed by atoms with Crippen LogP contribution >= 0.6 is 0 Å². The van der Waals surface area contributed by atoms with Crippen LogP contribution in [0.15, 0.2) is 71.6 Å². The van der Waals surface area contributed by atoms with Crippen molar-refractivity contribution in [1.82, 2.24) is 26.2 Å². The van der Waals surface area contributed by atoms with Crippen LogP contribution < -0.4 is 21.3 Å². The molecule has 1 saturated carbocycles. The molecule has 2 fully saturated rings. The summed E-state index contributed by atoms with van der Waals surface area (Å²) in [5.41, 5.74) is 2.56. The van der Waals surface area contributed by atoms with Gasteiger partial charge in [-0.2, -0.15) is 0 Å². The van der Waals surface area contributed by atoms with E-state index in [1.165, 1.54) is 25.1 Å². The first-order chi connectivity index (χ1) is 17.0. The summed E-state index contributed by atoms with van der Waals surface area (Å²) in [5, 5.41) is 21.8. The number of piperidine rings is 1. The first-order valence-corrected chi connectivity index (χ1v) is 12.5. The number of carbonyl (C=O) groups is 1. The molecule has 4 rings (SSSR count). The van der Waals surface area contributed by atoms with Gasteiger partial charge in [0.25, 0.3) is 5.92 Å². The number of nitrogens with one attached hydrogen (secondary N) is 4. The highest BCUT2D eigenvalue weighted by molar-refractivity contribution is 5.78. The summed E-state index contributed by atoms with van der Waals surface area (Å²) in [6.45, 7) is 10.5. The van der Waals surface area contributed by atoms with E-state index >= 15 is 8.78 Å². The molecule has 4 aliphatic rings. The number of alkyl halides is 2. The van der Waals surface area contributed by atoms with Gasteiger partial charge in [-0.05, 0) is 74.4 Å². The SMILES string of the molecule is C=C1/C=C(/N2CCC3(CC2)CC3)NC(C)/C(C(NC2=CC=CNC2C(=O)O)C(C)(F)F)=C\C(C)=C/N1. The van der Waals surface area contributed by atoms with Crippen molar-refractivity contribution in [2.45, 2.75) is 70.5 Å². The fraction of sp³-hybridized carbons (Fsp3) is 0.519. The van der Waals surface area contributed by atoms with Crippen LogP contribution in [0, 0.1) is 5.41 Å². The molecule has 3 heterocycles. The second kappa shape index (κ2) is 10.0. The zero-order valence-corrected chi connectivity index (χ0v) is 21.2. The molecule has 3 unspecified atom stereocenters. The summed E-state index contributed by atoms with van der Waals surface area (Å²) in [6.07, 6.45) is 14.9. The van der Waals surface area contributed by atoms with Crippen LogP contribution in [-0.2, 0) is 4.79 Å². The number of hydrogen-bond donors (Lipinski definition) is 5. The normalized spacial score (nSPS) is 31.1. The number of nitrogens with zero attached hydrogens (tertiary/aromatic N) is 1. The van der Waals surface area contributed by atoms with Gasteiger partial charge in [-0.15, -0.1) is 0 Å². The van der Waals surface area contributed by atoms with Crippen LogP contribution in [0.25, 0.3) is 0 Å². The van der Waals surface area contributed by atoms with Gasteiger partial charge in [-0.25, -0.2) is 13.6 Å². The summed E-state index contributed by atoms with van der Waals surface area (Å²) in [5.74, 6) is -3.48. The molecule has 0 radical (unpaired) electrons. The average Bonchev–Trinajstić information content (AvgIpc) is 3.57. The van der Waals surface area contributed by atoms with Crippen LogP contribution in [0.4, 0.5) is 8.78 Å². The van der Waals surface area contributed by atoms with E-state index in [-0.39, 0.29) is 5.70 Å². The van der Waals surface area contributed by atoms with Crippen molar-refractivity contribution < 1.29 is 18.7 Å². The monoisotopic (exact) mass is 501 g/mol. The Labute approximate surface area is 211 Å². The number of hydrogen-bond acceptors (Lipinski definition) is 6. The summed E-state index contributed by atoms with van der Waals surface area (Å²) in [7, 11) is 0. The molecule has 196 valence electrons. The summed E-state index contributed by atoms with van der Waals surface area (Å²) < 4.78 is 30.3. The molecule has 0 amide bonds. The first-order valence-electron chi connectivity index (χ1n) is 12.5. The Morgan fingerprint density at radius 2 is 1.97 bits per heavy atom. The van der Waals surface area contributed by atoms with E-state index in [2.05, 4.69) is 32.7 Å². The van der Waals surface area contributed by atoms with Crippen LogP contribution in [0.3, 0.4) is 0 Å². The van der Waals surface area contributed by atoms with Crippen molar-refractivity contribution >= 4 is 5.97 Å². The Morgan fingerprint density at radius 3 is 2.58 bits per heavy atom. The molecule has 1 aliphatic carbocycles. The van der Waals surface area contributed by atoms with Crippen molar-refractivity contribution in [1.29, 1.82) is 0 Å². The molecule has 1 spiro atoms. The Bertz CT molecular complexity index is 1040. The molecule has 0 aromatic carbocycles. The van der Waals surface area contributed by atoms with Gasteiger partial charge in [0.1, 0.15) is 11.9 Å². The number of allylic oxidation sites excluding steroid dienone is 5. The second-order valence-corrected chi connectivity index (χ2v) is 10.5. The van der Waals surface area contributed by atoms with Crippen LogP contribution in [0.5, 0.6) is 0 Å². The number of dihydropyridines is 1. The Balaban J connectivity index is 1.65. The lowest BCUT2D eigenvalue weighted by molar-refractivity contribution is -0.138. The van der Waals surface area contributed by atoms with Crippen LogP contribution in [0.2, 0.25) is 0 Å². The maximum absolute atomic E-state index is 15.2. The number of carboxylic acid groups (broad SMARTS) is 1. The third kappa shape index (κ3) is 5.94. The highest BCUT2D eigenvalue weighted by Gasteiger charge is 2.45. The van der Waals surface area contributed by atoms with Gasteiger partial charge in [0.15, 0.2) is 6.04 Å².